The van der Waals surface area contributed by atoms with E-state index in [1.807, 2.05) is 72.8 Å². The van der Waals surface area contributed by atoms with Crippen molar-refractivity contribution in [2.45, 2.75) is 0 Å². The summed E-state index contributed by atoms with van der Waals surface area (Å²) in [7, 11) is 0. The lowest BCUT2D eigenvalue weighted by atomic mass is 10.2. The molecule has 2 nitrogen and oxygen atoms in total. The van der Waals surface area contributed by atoms with Crippen LogP contribution in [0.5, 0.6) is 5.75 Å². The molecule has 0 aliphatic heterocycles. The minimum atomic E-state index is 0.420. The maximum atomic E-state index is 5.09. The van der Waals surface area contributed by atoms with E-state index in [1.165, 1.54) is 0 Å². The fourth-order valence-electron chi connectivity index (χ4n) is 1.37. The van der Waals surface area contributed by atoms with Gasteiger partial charge in [-0.15, -0.1) is 0 Å². The van der Waals surface area contributed by atoms with Gasteiger partial charge in [0.1, 0.15) is 6.61 Å². The van der Waals surface area contributed by atoms with Crippen molar-refractivity contribution in [1.82, 2.24) is 0 Å². The first kappa shape index (κ1) is 11.4. The summed E-state index contributed by atoms with van der Waals surface area (Å²) < 4.78 is 0. The van der Waals surface area contributed by atoms with Crippen molar-refractivity contribution in [2.75, 3.05) is 6.61 Å². The number of hydrogen-bond donors (Lipinski definition) is 0. The van der Waals surface area contributed by atoms with Crippen molar-refractivity contribution < 1.29 is 9.78 Å². The van der Waals surface area contributed by atoms with Gasteiger partial charge >= 0.3 is 0 Å². The summed E-state index contributed by atoms with van der Waals surface area (Å²) in [6, 6.07) is 19.5. The van der Waals surface area contributed by atoms with Crippen LogP contribution in [0, 0.1) is 0 Å². The van der Waals surface area contributed by atoms with Crippen LogP contribution in [0.3, 0.4) is 0 Å². The highest BCUT2D eigenvalue weighted by molar-refractivity contribution is 5.48. The van der Waals surface area contributed by atoms with Gasteiger partial charge in [0.15, 0.2) is 5.75 Å². The van der Waals surface area contributed by atoms with Gasteiger partial charge in [0.25, 0.3) is 0 Å². The topological polar surface area (TPSA) is 18.5 Å². The Morgan fingerprint density at radius 2 is 1.47 bits per heavy atom. The van der Waals surface area contributed by atoms with Crippen molar-refractivity contribution in [3.63, 3.8) is 0 Å². The number of rotatable bonds is 5. The molecule has 2 aromatic carbocycles. The van der Waals surface area contributed by atoms with Gasteiger partial charge < -0.3 is 4.89 Å². The van der Waals surface area contributed by atoms with Gasteiger partial charge in [-0.1, -0.05) is 60.7 Å². The first-order valence-corrected chi connectivity index (χ1v) is 5.51. The Balaban J connectivity index is 1.72. The molecule has 0 aromatic heterocycles. The largest absolute Gasteiger partial charge is 0.337 e. The summed E-state index contributed by atoms with van der Waals surface area (Å²) >= 11 is 0. The van der Waals surface area contributed by atoms with Crippen molar-refractivity contribution >= 4 is 6.08 Å². The highest BCUT2D eigenvalue weighted by Crippen LogP contribution is 2.08. The average Bonchev–Trinajstić information content (AvgIpc) is 2.41. The summed E-state index contributed by atoms with van der Waals surface area (Å²) in [5.41, 5.74) is 1.15. The molecule has 0 spiro atoms. The first-order chi connectivity index (χ1) is 8.45. The molecule has 0 atom stereocenters. The smallest absolute Gasteiger partial charge is 0.165 e. The molecule has 2 rings (SSSR count). The molecule has 0 aliphatic rings. The zero-order chi connectivity index (χ0) is 11.8. The second kappa shape index (κ2) is 6.51. The van der Waals surface area contributed by atoms with Gasteiger partial charge in [0, 0.05) is 0 Å². The normalized spacial score (nSPS) is 10.6. The molecule has 0 heterocycles. The minimum Gasteiger partial charge on any atom is -0.337 e. The van der Waals surface area contributed by atoms with E-state index in [1.54, 1.807) is 0 Å². The van der Waals surface area contributed by atoms with Gasteiger partial charge in [-0.25, -0.2) is 0 Å². The lowest BCUT2D eigenvalue weighted by molar-refractivity contribution is -0.195. The molecular formula is C15H14O2. The number of hydrogen-bond acceptors (Lipinski definition) is 2. The molecule has 17 heavy (non-hydrogen) atoms. The van der Waals surface area contributed by atoms with Crippen molar-refractivity contribution in [3.8, 4) is 5.75 Å². The third-order valence-electron chi connectivity index (χ3n) is 2.17. The minimum absolute atomic E-state index is 0.420. The molecule has 2 aromatic rings. The first-order valence-electron chi connectivity index (χ1n) is 5.51. The van der Waals surface area contributed by atoms with Crippen molar-refractivity contribution in [2.24, 2.45) is 0 Å². The molecule has 0 bridgehead atoms. The predicted molar refractivity (Wildman–Crippen MR) is 68.5 cm³/mol. The van der Waals surface area contributed by atoms with Crippen LogP contribution < -0.4 is 4.89 Å². The van der Waals surface area contributed by atoms with Gasteiger partial charge in [0.05, 0.1) is 0 Å². The summed E-state index contributed by atoms with van der Waals surface area (Å²) in [6.07, 6.45) is 3.91. The van der Waals surface area contributed by atoms with E-state index in [-0.39, 0.29) is 0 Å². The maximum Gasteiger partial charge on any atom is 0.165 e. The van der Waals surface area contributed by atoms with Gasteiger partial charge in [0.2, 0.25) is 0 Å². The SMILES string of the molecule is C(=C\c1ccccc1)/COOc1ccccc1. The van der Waals surface area contributed by atoms with Crippen molar-refractivity contribution in [3.05, 3.63) is 72.3 Å². The lowest BCUT2D eigenvalue weighted by Gasteiger charge is -2.01. The monoisotopic (exact) mass is 226 g/mol. The van der Waals surface area contributed by atoms with Crippen LogP contribution in [-0.4, -0.2) is 6.61 Å². The second-order valence-corrected chi connectivity index (χ2v) is 3.49. The molecule has 0 saturated heterocycles. The van der Waals surface area contributed by atoms with E-state index < -0.39 is 0 Å². The maximum absolute atomic E-state index is 5.09. The summed E-state index contributed by atoms with van der Waals surface area (Å²) in [4.78, 5) is 10.1. The van der Waals surface area contributed by atoms with Crippen LogP contribution in [0.2, 0.25) is 0 Å². The standard InChI is InChI=1S/C15H14O2/c1-3-8-14(9-4-1)10-7-13-16-17-15-11-5-2-6-12-15/h1-12H,13H2/b10-7+. The molecule has 0 unspecified atom stereocenters. The van der Waals surface area contributed by atoms with Crippen LogP contribution in [-0.2, 0) is 4.89 Å². The Kier molecular flexibility index (Phi) is 4.37. The summed E-state index contributed by atoms with van der Waals surface area (Å²) in [5, 5.41) is 0. The van der Waals surface area contributed by atoms with Gasteiger partial charge in [-0.2, -0.15) is 4.89 Å². The summed E-state index contributed by atoms with van der Waals surface area (Å²) in [6.45, 7) is 0.420. The molecule has 0 saturated carbocycles. The molecule has 0 N–H and O–H groups in total. The van der Waals surface area contributed by atoms with E-state index in [0.29, 0.717) is 12.4 Å². The van der Waals surface area contributed by atoms with Crippen molar-refractivity contribution in [1.29, 1.82) is 0 Å². The molecule has 0 amide bonds. The molecule has 0 aliphatic carbocycles. The van der Waals surface area contributed by atoms with E-state index >= 15 is 0 Å². The molecular weight excluding hydrogens is 212 g/mol. The quantitative estimate of drug-likeness (QED) is 0.439. The third-order valence-corrected chi connectivity index (χ3v) is 2.17. The molecule has 86 valence electrons. The van der Waals surface area contributed by atoms with E-state index in [9.17, 15) is 0 Å². The molecule has 2 heteroatoms. The lowest BCUT2D eigenvalue weighted by Crippen LogP contribution is -1.96. The predicted octanol–water partition coefficient (Wildman–Crippen LogP) is 3.71. The van der Waals surface area contributed by atoms with Crippen LogP contribution in [0.15, 0.2) is 66.7 Å². The highest BCUT2D eigenvalue weighted by Gasteiger charge is 1.90. The Morgan fingerprint density at radius 3 is 2.18 bits per heavy atom. The Morgan fingerprint density at radius 1 is 0.824 bits per heavy atom. The van der Waals surface area contributed by atoms with E-state index in [0.717, 1.165) is 5.56 Å². The van der Waals surface area contributed by atoms with Gasteiger partial charge in [-0.3, -0.25) is 0 Å². The van der Waals surface area contributed by atoms with Crippen LogP contribution in [0.25, 0.3) is 6.08 Å². The third kappa shape index (κ3) is 4.13. The van der Waals surface area contributed by atoms with Crippen LogP contribution in [0.4, 0.5) is 0 Å². The van der Waals surface area contributed by atoms with Crippen LogP contribution in [0.1, 0.15) is 5.56 Å². The molecule has 0 radical (unpaired) electrons. The Bertz CT molecular complexity index is 449. The summed E-state index contributed by atoms with van der Waals surface area (Å²) in [5.74, 6) is 0.709. The second-order valence-electron chi connectivity index (χ2n) is 3.49. The van der Waals surface area contributed by atoms with Gasteiger partial charge in [-0.05, 0) is 17.7 Å². The van der Waals surface area contributed by atoms with E-state index in [4.69, 9.17) is 9.78 Å². The number of para-hydroxylation sites is 1. The zero-order valence-electron chi connectivity index (χ0n) is 9.45. The fourth-order valence-corrected chi connectivity index (χ4v) is 1.37. The number of benzene rings is 2. The fraction of sp³-hybridized carbons (Fsp3) is 0.0667. The van der Waals surface area contributed by atoms with Crippen LogP contribution >= 0.6 is 0 Å². The highest BCUT2D eigenvalue weighted by atomic mass is 17.2. The Labute approximate surface area is 101 Å². The van der Waals surface area contributed by atoms with E-state index in [2.05, 4.69) is 0 Å². The zero-order valence-corrected chi connectivity index (χ0v) is 9.45. The Hall–Kier alpha value is -2.06. The average molecular weight is 226 g/mol. The molecule has 0 fully saturated rings.